The first kappa shape index (κ1) is 15.8. The molecule has 0 bridgehead atoms. The number of hydrogen-bond donors (Lipinski definition) is 2. The number of carbonyl (C=O) groups is 2. The van der Waals surface area contributed by atoms with E-state index in [-0.39, 0.29) is 11.3 Å². The molecule has 0 spiro atoms. The molecular weight excluding hydrogens is 331 g/mol. The number of rotatable bonds is 4. The Labute approximate surface area is 140 Å². The van der Waals surface area contributed by atoms with Crippen molar-refractivity contribution in [1.82, 2.24) is 9.59 Å². The van der Waals surface area contributed by atoms with Crippen LogP contribution in [0.4, 0.5) is 15.8 Å². The monoisotopic (exact) mass is 342 g/mol. The molecule has 0 aliphatic heterocycles. The first-order chi connectivity index (χ1) is 11.6. The molecule has 0 saturated carbocycles. The van der Waals surface area contributed by atoms with Gasteiger partial charge in [-0.25, -0.2) is 4.39 Å². The van der Waals surface area contributed by atoms with E-state index >= 15 is 0 Å². The first-order valence-electron chi connectivity index (χ1n) is 6.88. The van der Waals surface area contributed by atoms with Gasteiger partial charge >= 0.3 is 0 Å². The lowest BCUT2D eigenvalue weighted by molar-refractivity contribution is 0.102. The van der Waals surface area contributed by atoms with Gasteiger partial charge in [0.25, 0.3) is 11.8 Å². The van der Waals surface area contributed by atoms with E-state index in [4.69, 9.17) is 0 Å². The van der Waals surface area contributed by atoms with Crippen molar-refractivity contribution in [3.8, 4) is 0 Å². The van der Waals surface area contributed by atoms with Crippen molar-refractivity contribution in [2.75, 3.05) is 10.6 Å². The number of nitrogens with one attached hydrogen (secondary N) is 2. The van der Waals surface area contributed by atoms with Gasteiger partial charge in [-0.1, -0.05) is 16.6 Å². The average molecular weight is 342 g/mol. The zero-order valence-electron chi connectivity index (χ0n) is 12.2. The van der Waals surface area contributed by atoms with Crippen LogP contribution < -0.4 is 10.6 Å². The summed E-state index contributed by atoms with van der Waals surface area (Å²) in [5.41, 5.74) is 1.24. The first-order valence-corrected chi connectivity index (χ1v) is 7.71. The highest BCUT2D eigenvalue weighted by atomic mass is 32.1. The second-order valence-electron chi connectivity index (χ2n) is 4.75. The summed E-state index contributed by atoms with van der Waals surface area (Å²) in [4.78, 5) is 24.5. The number of nitrogens with zero attached hydrogens (tertiary/aromatic N) is 2. The number of anilines is 2. The summed E-state index contributed by atoms with van der Waals surface area (Å²) in [5, 5.41) is 10.5. The number of benzene rings is 2. The van der Waals surface area contributed by atoms with Crippen LogP contribution in [0.5, 0.6) is 0 Å². The third kappa shape index (κ3) is 3.61. The van der Waals surface area contributed by atoms with Crippen molar-refractivity contribution >= 4 is 34.7 Å². The lowest BCUT2D eigenvalue weighted by atomic mass is 10.1. The normalized spacial score (nSPS) is 10.2. The van der Waals surface area contributed by atoms with Crippen LogP contribution in [0.15, 0.2) is 53.9 Å². The van der Waals surface area contributed by atoms with Crippen LogP contribution in [-0.4, -0.2) is 21.4 Å². The minimum Gasteiger partial charge on any atom is -0.322 e. The average Bonchev–Trinajstić information content (AvgIpc) is 3.12. The molecule has 2 aromatic carbocycles. The molecule has 0 fully saturated rings. The molecule has 6 nitrogen and oxygen atoms in total. The quantitative estimate of drug-likeness (QED) is 0.763. The van der Waals surface area contributed by atoms with Gasteiger partial charge in [-0.3, -0.25) is 9.59 Å². The van der Waals surface area contributed by atoms with Crippen molar-refractivity contribution in [3.63, 3.8) is 0 Å². The highest BCUT2D eigenvalue weighted by Gasteiger charge is 2.15. The molecule has 24 heavy (non-hydrogen) atoms. The van der Waals surface area contributed by atoms with Gasteiger partial charge in [0, 0.05) is 11.1 Å². The maximum atomic E-state index is 12.9. The molecule has 1 aromatic heterocycles. The summed E-state index contributed by atoms with van der Waals surface area (Å²) >= 11 is 1.06. The smallest absolute Gasteiger partial charge is 0.277 e. The van der Waals surface area contributed by atoms with Gasteiger partial charge in [-0.2, -0.15) is 0 Å². The third-order valence-electron chi connectivity index (χ3n) is 3.11. The van der Waals surface area contributed by atoms with Crippen LogP contribution in [-0.2, 0) is 0 Å². The van der Waals surface area contributed by atoms with Crippen molar-refractivity contribution in [1.29, 1.82) is 0 Å². The third-order valence-corrected chi connectivity index (χ3v) is 3.62. The van der Waals surface area contributed by atoms with E-state index in [1.165, 1.54) is 29.6 Å². The number of amides is 2. The minimum absolute atomic E-state index is 0.175. The summed E-state index contributed by atoms with van der Waals surface area (Å²) < 4.78 is 16.5. The number of halogens is 1. The molecule has 3 aromatic rings. The highest BCUT2D eigenvalue weighted by molar-refractivity contribution is 7.03. The predicted octanol–water partition coefficient (Wildman–Crippen LogP) is 3.18. The Morgan fingerprint density at radius 3 is 2.42 bits per heavy atom. The van der Waals surface area contributed by atoms with E-state index in [2.05, 4.69) is 20.2 Å². The van der Waals surface area contributed by atoms with E-state index in [0.29, 0.717) is 11.4 Å². The standard InChI is InChI=1S/C16H11FN4O2S/c17-10-5-7-11(8-6-10)18-15(22)12-3-1-2-4-13(12)19-16(23)14-9-24-21-20-14/h1-9H,(H,18,22)(H,19,23). The van der Waals surface area contributed by atoms with E-state index in [9.17, 15) is 14.0 Å². The second kappa shape index (κ2) is 6.97. The van der Waals surface area contributed by atoms with Crippen LogP contribution in [0.2, 0.25) is 0 Å². The summed E-state index contributed by atoms with van der Waals surface area (Å²) in [5.74, 6) is -1.27. The fourth-order valence-electron chi connectivity index (χ4n) is 1.97. The van der Waals surface area contributed by atoms with Gasteiger partial charge in [-0.15, -0.1) is 5.10 Å². The van der Waals surface area contributed by atoms with Crippen LogP contribution in [0.1, 0.15) is 20.8 Å². The van der Waals surface area contributed by atoms with E-state index in [1.807, 2.05) is 0 Å². The molecule has 0 radical (unpaired) electrons. The van der Waals surface area contributed by atoms with Gasteiger partial charge in [0.2, 0.25) is 0 Å². The maximum Gasteiger partial charge on any atom is 0.277 e. The fourth-order valence-corrected chi connectivity index (χ4v) is 2.41. The molecule has 0 unspecified atom stereocenters. The Balaban J connectivity index is 1.79. The summed E-state index contributed by atoms with van der Waals surface area (Å²) in [6.07, 6.45) is 0. The van der Waals surface area contributed by atoms with Crippen LogP contribution in [0.3, 0.4) is 0 Å². The molecule has 0 aliphatic rings. The van der Waals surface area contributed by atoms with Gasteiger partial charge in [-0.05, 0) is 47.9 Å². The van der Waals surface area contributed by atoms with Gasteiger partial charge < -0.3 is 10.6 Å². The lowest BCUT2D eigenvalue weighted by Gasteiger charge is -2.10. The van der Waals surface area contributed by atoms with Crippen LogP contribution in [0.25, 0.3) is 0 Å². The van der Waals surface area contributed by atoms with Crippen LogP contribution in [0, 0.1) is 5.82 Å². The van der Waals surface area contributed by atoms with E-state index in [1.54, 1.807) is 24.3 Å². The Hall–Kier alpha value is -3.13. The molecule has 0 aliphatic carbocycles. The number of aromatic nitrogens is 2. The Morgan fingerprint density at radius 1 is 0.958 bits per heavy atom. The summed E-state index contributed by atoms with van der Waals surface area (Å²) in [7, 11) is 0. The van der Waals surface area contributed by atoms with Crippen molar-refractivity contribution in [3.05, 3.63) is 71.0 Å². The zero-order chi connectivity index (χ0) is 16.9. The predicted molar refractivity (Wildman–Crippen MR) is 88.7 cm³/mol. The molecule has 120 valence electrons. The molecule has 3 rings (SSSR count). The van der Waals surface area contributed by atoms with Crippen molar-refractivity contribution in [2.24, 2.45) is 0 Å². The maximum absolute atomic E-state index is 12.9. The lowest BCUT2D eigenvalue weighted by Crippen LogP contribution is -2.18. The highest BCUT2D eigenvalue weighted by Crippen LogP contribution is 2.18. The molecule has 0 saturated heterocycles. The second-order valence-corrected chi connectivity index (χ2v) is 5.36. The van der Waals surface area contributed by atoms with E-state index in [0.717, 1.165) is 11.5 Å². The zero-order valence-corrected chi connectivity index (χ0v) is 13.0. The summed E-state index contributed by atoms with van der Waals surface area (Å²) in [6.45, 7) is 0. The van der Waals surface area contributed by atoms with Crippen molar-refractivity contribution in [2.45, 2.75) is 0 Å². The SMILES string of the molecule is O=C(Nc1ccccc1C(=O)Nc1ccc(F)cc1)c1csnn1. The van der Waals surface area contributed by atoms with Gasteiger partial charge in [0.1, 0.15) is 5.82 Å². The fraction of sp³-hybridized carbons (Fsp3) is 0. The molecule has 1 heterocycles. The number of para-hydroxylation sites is 1. The topological polar surface area (TPSA) is 84.0 Å². The summed E-state index contributed by atoms with van der Waals surface area (Å²) in [6, 6.07) is 12.0. The Kier molecular flexibility index (Phi) is 4.57. The number of hydrogen-bond acceptors (Lipinski definition) is 5. The molecule has 2 amide bonds. The largest absolute Gasteiger partial charge is 0.322 e. The van der Waals surface area contributed by atoms with Gasteiger partial charge in [0.05, 0.1) is 11.3 Å². The van der Waals surface area contributed by atoms with Gasteiger partial charge in [0.15, 0.2) is 5.69 Å². The number of carbonyl (C=O) groups excluding carboxylic acids is 2. The Bertz CT molecular complexity index is 866. The van der Waals surface area contributed by atoms with Crippen molar-refractivity contribution < 1.29 is 14.0 Å². The molecule has 2 N–H and O–H groups in total. The van der Waals surface area contributed by atoms with Crippen LogP contribution >= 0.6 is 11.5 Å². The Morgan fingerprint density at radius 2 is 1.71 bits per heavy atom. The minimum atomic E-state index is -0.453. The van der Waals surface area contributed by atoms with E-state index < -0.39 is 17.6 Å². The molecule has 0 atom stereocenters. The molecule has 8 heteroatoms. The molecular formula is C16H11FN4O2S.